The van der Waals surface area contributed by atoms with Crippen LogP contribution in [0.25, 0.3) is 0 Å². The second-order valence-corrected chi connectivity index (χ2v) is 6.45. The molecule has 7 heteroatoms. The predicted molar refractivity (Wildman–Crippen MR) is 63.7 cm³/mol. The number of hydrogen-bond acceptors (Lipinski definition) is 4. The van der Waals surface area contributed by atoms with Crippen LogP contribution in [-0.2, 0) is 17.1 Å². The molecular weight excluding hydrogens is 240 g/mol. The molecule has 0 saturated heterocycles. The summed E-state index contributed by atoms with van der Waals surface area (Å²) >= 11 is 0. The lowest BCUT2D eigenvalue weighted by Gasteiger charge is -2.14. The van der Waals surface area contributed by atoms with Crippen LogP contribution < -0.4 is 10.5 Å². The Hall–Kier alpha value is -0.920. The molecule has 1 aromatic rings. The van der Waals surface area contributed by atoms with Gasteiger partial charge >= 0.3 is 0 Å². The molecule has 1 aliphatic carbocycles. The SMILES string of the molecule is Cn1cnc(S(=O)(=O)NCC2(CCN)CC2)c1. The van der Waals surface area contributed by atoms with E-state index in [-0.39, 0.29) is 10.4 Å². The van der Waals surface area contributed by atoms with Crippen LogP contribution in [0.15, 0.2) is 17.6 Å². The van der Waals surface area contributed by atoms with E-state index in [2.05, 4.69) is 9.71 Å². The Morgan fingerprint density at radius 1 is 1.59 bits per heavy atom. The molecule has 1 fully saturated rings. The van der Waals surface area contributed by atoms with E-state index in [0.29, 0.717) is 13.1 Å². The highest BCUT2D eigenvalue weighted by Crippen LogP contribution is 2.47. The number of nitrogens with zero attached hydrogens (tertiary/aromatic N) is 2. The van der Waals surface area contributed by atoms with Crippen LogP contribution >= 0.6 is 0 Å². The molecule has 6 nitrogen and oxygen atoms in total. The highest BCUT2D eigenvalue weighted by Gasteiger charge is 2.42. The first-order valence-electron chi connectivity index (χ1n) is 5.65. The zero-order chi connectivity index (χ0) is 12.5. The average Bonchev–Trinajstić information content (AvgIpc) is 2.89. The fraction of sp³-hybridized carbons (Fsp3) is 0.700. The summed E-state index contributed by atoms with van der Waals surface area (Å²) in [7, 11) is -1.73. The molecule has 0 radical (unpaired) electrons. The molecule has 17 heavy (non-hydrogen) atoms. The Morgan fingerprint density at radius 2 is 2.29 bits per heavy atom. The van der Waals surface area contributed by atoms with Crippen LogP contribution in [0.2, 0.25) is 0 Å². The van der Waals surface area contributed by atoms with Crippen molar-refractivity contribution in [1.82, 2.24) is 14.3 Å². The van der Waals surface area contributed by atoms with Crippen LogP contribution in [-0.4, -0.2) is 31.1 Å². The van der Waals surface area contributed by atoms with Crippen LogP contribution in [0, 0.1) is 5.41 Å². The zero-order valence-corrected chi connectivity index (χ0v) is 10.7. The van der Waals surface area contributed by atoms with Gasteiger partial charge < -0.3 is 10.3 Å². The minimum absolute atomic E-state index is 0.0727. The molecule has 96 valence electrons. The monoisotopic (exact) mass is 258 g/mol. The van der Waals surface area contributed by atoms with E-state index in [1.807, 2.05) is 0 Å². The molecule has 0 aromatic carbocycles. The highest BCUT2D eigenvalue weighted by atomic mass is 32.2. The molecule has 2 rings (SSSR count). The van der Waals surface area contributed by atoms with E-state index in [1.165, 1.54) is 12.5 Å². The van der Waals surface area contributed by atoms with Gasteiger partial charge in [0, 0.05) is 19.8 Å². The first kappa shape index (κ1) is 12.5. The van der Waals surface area contributed by atoms with E-state index >= 15 is 0 Å². The maximum atomic E-state index is 11.9. The minimum atomic E-state index is -3.47. The lowest BCUT2D eigenvalue weighted by molar-refractivity contribution is 0.461. The van der Waals surface area contributed by atoms with Crippen LogP contribution in [0.4, 0.5) is 0 Å². The highest BCUT2D eigenvalue weighted by molar-refractivity contribution is 7.89. The van der Waals surface area contributed by atoms with Crippen molar-refractivity contribution in [2.45, 2.75) is 24.3 Å². The number of rotatable bonds is 6. The van der Waals surface area contributed by atoms with Crippen molar-refractivity contribution in [3.05, 3.63) is 12.5 Å². The molecule has 0 amide bonds. The lowest BCUT2D eigenvalue weighted by atomic mass is 10.0. The molecule has 0 spiro atoms. The smallest absolute Gasteiger partial charge is 0.259 e. The Balaban J connectivity index is 1.99. The number of aryl methyl sites for hydroxylation is 1. The standard InChI is InChI=1S/C10H18N4O2S/c1-14-6-9(12-8-14)17(15,16)13-7-10(2-3-10)4-5-11/h6,8,13H,2-5,7,11H2,1H3. The largest absolute Gasteiger partial charge is 0.339 e. The maximum Gasteiger partial charge on any atom is 0.259 e. The number of aromatic nitrogens is 2. The Kier molecular flexibility index (Phi) is 3.24. The van der Waals surface area contributed by atoms with Gasteiger partial charge in [0.2, 0.25) is 0 Å². The maximum absolute atomic E-state index is 11.9. The van der Waals surface area contributed by atoms with Gasteiger partial charge in [0.15, 0.2) is 5.03 Å². The van der Waals surface area contributed by atoms with Gasteiger partial charge in [0.25, 0.3) is 10.0 Å². The number of nitrogens with two attached hydrogens (primary N) is 1. The normalized spacial score (nSPS) is 18.2. The third-order valence-electron chi connectivity index (χ3n) is 3.23. The van der Waals surface area contributed by atoms with Gasteiger partial charge in [-0.15, -0.1) is 0 Å². The van der Waals surface area contributed by atoms with Crippen molar-refractivity contribution >= 4 is 10.0 Å². The summed E-state index contributed by atoms with van der Waals surface area (Å²) < 4.78 is 28.0. The predicted octanol–water partition coefficient (Wildman–Crippen LogP) is -0.173. The van der Waals surface area contributed by atoms with Gasteiger partial charge in [-0.25, -0.2) is 18.1 Å². The van der Waals surface area contributed by atoms with Crippen molar-refractivity contribution in [2.75, 3.05) is 13.1 Å². The number of nitrogens with one attached hydrogen (secondary N) is 1. The van der Waals surface area contributed by atoms with Gasteiger partial charge in [-0.3, -0.25) is 0 Å². The van der Waals surface area contributed by atoms with Crippen molar-refractivity contribution in [3.63, 3.8) is 0 Å². The molecule has 1 aromatic heterocycles. The Labute approximate surface area is 101 Å². The molecule has 0 unspecified atom stereocenters. The first-order chi connectivity index (χ1) is 7.97. The summed E-state index contributed by atoms with van der Waals surface area (Å²) in [4.78, 5) is 3.84. The molecule has 3 N–H and O–H groups in total. The molecular formula is C10H18N4O2S. The quantitative estimate of drug-likeness (QED) is 0.741. The minimum Gasteiger partial charge on any atom is -0.339 e. The van der Waals surface area contributed by atoms with Gasteiger partial charge in [-0.2, -0.15) is 0 Å². The zero-order valence-electron chi connectivity index (χ0n) is 9.89. The van der Waals surface area contributed by atoms with E-state index in [0.717, 1.165) is 19.3 Å². The van der Waals surface area contributed by atoms with Crippen LogP contribution in [0.3, 0.4) is 0 Å². The van der Waals surface area contributed by atoms with Crippen molar-refractivity contribution in [3.8, 4) is 0 Å². The molecule has 1 aliphatic rings. The first-order valence-corrected chi connectivity index (χ1v) is 7.13. The lowest BCUT2D eigenvalue weighted by Crippen LogP contribution is -2.31. The Morgan fingerprint density at radius 3 is 2.76 bits per heavy atom. The second-order valence-electron chi connectivity index (χ2n) is 4.74. The fourth-order valence-electron chi connectivity index (χ4n) is 1.85. The van der Waals surface area contributed by atoms with Crippen molar-refractivity contribution in [2.24, 2.45) is 18.2 Å². The molecule has 1 saturated carbocycles. The van der Waals surface area contributed by atoms with Crippen LogP contribution in [0.1, 0.15) is 19.3 Å². The number of hydrogen-bond donors (Lipinski definition) is 2. The summed E-state index contributed by atoms with van der Waals surface area (Å²) in [6, 6.07) is 0. The summed E-state index contributed by atoms with van der Waals surface area (Å²) in [5.41, 5.74) is 5.61. The topological polar surface area (TPSA) is 90.0 Å². The van der Waals surface area contributed by atoms with Crippen molar-refractivity contribution < 1.29 is 8.42 Å². The summed E-state index contributed by atoms with van der Waals surface area (Å²) in [6.07, 6.45) is 5.94. The van der Waals surface area contributed by atoms with Crippen molar-refractivity contribution in [1.29, 1.82) is 0 Å². The van der Waals surface area contributed by atoms with E-state index in [4.69, 9.17) is 5.73 Å². The summed E-state index contributed by atoms with van der Waals surface area (Å²) in [6.45, 7) is 1.06. The molecule has 0 atom stereocenters. The molecule has 0 aliphatic heterocycles. The van der Waals surface area contributed by atoms with Gasteiger partial charge in [0.05, 0.1) is 6.33 Å². The average molecular weight is 258 g/mol. The van der Waals surface area contributed by atoms with E-state index in [9.17, 15) is 8.42 Å². The second kappa shape index (κ2) is 4.40. The Bertz CT molecular complexity index is 490. The number of imidazole rings is 1. The van der Waals surface area contributed by atoms with Gasteiger partial charge in [-0.05, 0) is 31.2 Å². The van der Waals surface area contributed by atoms with Crippen LogP contribution in [0.5, 0.6) is 0 Å². The number of sulfonamides is 1. The molecule has 0 bridgehead atoms. The third kappa shape index (κ3) is 2.85. The van der Waals surface area contributed by atoms with Gasteiger partial charge in [0.1, 0.15) is 0 Å². The van der Waals surface area contributed by atoms with Gasteiger partial charge in [-0.1, -0.05) is 0 Å². The molecule has 1 heterocycles. The third-order valence-corrected chi connectivity index (χ3v) is 4.51. The summed E-state index contributed by atoms with van der Waals surface area (Å²) in [5.74, 6) is 0. The van der Waals surface area contributed by atoms with E-state index < -0.39 is 10.0 Å². The fourth-order valence-corrected chi connectivity index (χ4v) is 2.98. The summed E-state index contributed by atoms with van der Waals surface area (Å²) in [5, 5.41) is 0.0727. The van der Waals surface area contributed by atoms with E-state index in [1.54, 1.807) is 11.6 Å².